The summed E-state index contributed by atoms with van der Waals surface area (Å²) in [5.74, 6) is -0.394. The van der Waals surface area contributed by atoms with E-state index in [0.29, 0.717) is 30.1 Å². The van der Waals surface area contributed by atoms with Crippen LogP contribution in [0.15, 0.2) is 28.7 Å². The second-order valence-electron chi connectivity index (χ2n) is 8.77. The Morgan fingerprint density at radius 1 is 1.26 bits per heavy atom. The van der Waals surface area contributed by atoms with E-state index in [9.17, 15) is 23.1 Å². The van der Waals surface area contributed by atoms with Crippen molar-refractivity contribution in [3.05, 3.63) is 35.2 Å². The fourth-order valence-electron chi connectivity index (χ4n) is 4.59. The quantitative estimate of drug-likeness (QED) is 0.743. The minimum atomic E-state index is -5.02. The first kappa shape index (κ1) is 22.1. The van der Waals surface area contributed by atoms with Crippen molar-refractivity contribution < 1.29 is 27.5 Å². The number of piperidine rings is 1. The molecule has 10 heteroatoms. The number of benzene rings is 1. The molecule has 1 N–H and O–H groups in total. The molecule has 31 heavy (non-hydrogen) atoms. The Labute approximate surface area is 182 Å². The van der Waals surface area contributed by atoms with Crippen LogP contribution in [0.3, 0.4) is 0 Å². The maximum atomic E-state index is 13.1. The predicted molar refractivity (Wildman–Crippen MR) is 106 cm³/mol. The summed E-state index contributed by atoms with van der Waals surface area (Å²) in [5.41, 5.74) is -2.96. The Morgan fingerprint density at radius 2 is 1.90 bits per heavy atom. The molecule has 1 saturated heterocycles. The van der Waals surface area contributed by atoms with Gasteiger partial charge in [-0.2, -0.15) is 13.2 Å². The topological polar surface area (TPSA) is 79.5 Å². The molecule has 2 heterocycles. The van der Waals surface area contributed by atoms with Crippen LogP contribution in [0.25, 0.3) is 11.5 Å². The zero-order valence-electron chi connectivity index (χ0n) is 17.1. The number of carbonyl (C=O) groups is 1. The van der Waals surface area contributed by atoms with Crippen molar-refractivity contribution in [1.82, 2.24) is 15.1 Å². The smallest absolute Gasteiger partial charge is 0.420 e. The highest BCUT2D eigenvalue weighted by Gasteiger charge is 2.60. The summed E-state index contributed by atoms with van der Waals surface area (Å²) in [7, 11) is 0. The van der Waals surface area contributed by atoms with E-state index in [-0.39, 0.29) is 30.3 Å². The van der Waals surface area contributed by atoms with Crippen molar-refractivity contribution in [1.29, 1.82) is 0 Å². The van der Waals surface area contributed by atoms with Gasteiger partial charge in [-0.15, -0.1) is 10.2 Å². The van der Waals surface area contributed by atoms with Gasteiger partial charge in [0.1, 0.15) is 0 Å². The number of rotatable bonds is 4. The largest absolute Gasteiger partial charge is 0.426 e. The molecule has 2 fully saturated rings. The number of nitrogens with zero attached hydrogens (tertiary/aromatic N) is 3. The van der Waals surface area contributed by atoms with Gasteiger partial charge in [0.2, 0.25) is 17.4 Å². The fraction of sp³-hybridized carbons (Fsp3) is 0.571. The maximum Gasteiger partial charge on any atom is 0.426 e. The van der Waals surface area contributed by atoms with Crippen molar-refractivity contribution >= 4 is 17.5 Å². The van der Waals surface area contributed by atoms with Gasteiger partial charge < -0.3 is 14.4 Å². The fourth-order valence-corrected chi connectivity index (χ4v) is 4.72. The number of carbonyl (C=O) groups excluding carboxylic acids is 1. The van der Waals surface area contributed by atoms with Crippen molar-refractivity contribution in [2.75, 3.05) is 13.1 Å². The highest BCUT2D eigenvalue weighted by atomic mass is 35.5. The highest BCUT2D eigenvalue weighted by molar-refractivity contribution is 6.30. The van der Waals surface area contributed by atoms with E-state index in [1.54, 1.807) is 24.3 Å². The SMILES string of the molecule is C[C@@H]1CN(C(=O)C(C)(O)C(F)(F)F)CC[C@@H]1C1(c2nnc(-c3ccc(Cl)cc3)o2)CC1. The first-order valence-electron chi connectivity index (χ1n) is 10.1. The van der Waals surface area contributed by atoms with Crippen molar-refractivity contribution in [3.8, 4) is 11.5 Å². The Morgan fingerprint density at radius 3 is 2.45 bits per heavy atom. The molecular weight excluding hydrogens is 435 g/mol. The van der Waals surface area contributed by atoms with Crippen LogP contribution in [-0.4, -0.2) is 51.0 Å². The molecule has 1 saturated carbocycles. The van der Waals surface area contributed by atoms with E-state index in [0.717, 1.165) is 23.3 Å². The molecule has 1 aliphatic heterocycles. The number of aliphatic hydroxyl groups is 1. The lowest BCUT2D eigenvalue weighted by molar-refractivity contribution is -0.251. The number of amides is 1. The van der Waals surface area contributed by atoms with Crippen LogP contribution in [0.4, 0.5) is 13.2 Å². The maximum absolute atomic E-state index is 13.1. The van der Waals surface area contributed by atoms with Crippen LogP contribution in [0.2, 0.25) is 5.02 Å². The summed E-state index contributed by atoms with van der Waals surface area (Å²) in [6.45, 7) is 2.68. The summed E-state index contributed by atoms with van der Waals surface area (Å²) in [6.07, 6.45) is -2.83. The second kappa shape index (κ2) is 7.48. The molecule has 1 unspecified atom stereocenters. The van der Waals surface area contributed by atoms with Gasteiger partial charge in [-0.05, 0) is 62.3 Å². The number of hydrogen-bond acceptors (Lipinski definition) is 5. The molecule has 6 nitrogen and oxygen atoms in total. The summed E-state index contributed by atoms with van der Waals surface area (Å²) in [4.78, 5) is 13.5. The molecule has 168 valence electrons. The van der Waals surface area contributed by atoms with Gasteiger partial charge in [-0.3, -0.25) is 4.79 Å². The monoisotopic (exact) mass is 457 g/mol. The summed E-state index contributed by atoms with van der Waals surface area (Å²) >= 11 is 5.92. The molecule has 2 aliphatic rings. The number of aromatic nitrogens is 2. The minimum absolute atomic E-state index is 0.0879. The van der Waals surface area contributed by atoms with Gasteiger partial charge in [-0.1, -0.05) is 18.5 Å². The molecule has 2 aromatic rings. The average Bonchev–Trinajstić information content (AvgIpc) is 3.35. The van der Waals surface area contributed by atoms with Gasteiger partial charge in [0, 0.05) is 23.7 Å². The van der Waals surface area contributed by atoms with E-state index < -0.39 is 17.7 Å². The van der Waals surface area contributed by atoms with Gasteiger partial charge in [-0.25, -0.2) is 0 Å². The zero-order chi connectivity index (χ0) is 22.6. The van der Waals surface area contributed by atoms with Gasteiger partial charge in [0.05, 0.1) is 5.41 Å². The van der Waals surface area contributed by atoms with E-state index in [2.05, 4.69) is 10.2 Å². The lowest BCUT2D eigenvalue weighted by atomic mass is 9.74. The standard InChI is InChI=1S/C21H23ClF3N3O3/c1-12-11-28(18(29)19(2,30)21(23,24)25)10-7-15(12)20(8-9-20)17-27-26-16(31-17)13-3-5-14(22)6-4-13/h3-6,12,15,30H,7-11H2,1-2H3/t12-,15+,19?/m1/s1. The van der Waals surface area contributed by atoms with Crippen LogP contribution in [-0.2, 0) is 10.2 Å². The van der Waals surface area contributed by atoms with E-state index in [1.807, 2.05) is 6.92 Å². The van der Waals surface area contributed by atoms with E-state index >= 15 is 0 Å². The lowest BCUT2D eigenvalue weighted by Crippen LogP contribution is -2.58. The Bertz CT molecular complexity index is 970. The van der Waals surface area contributed by atoms with E-state index in [1.165, 1.54) is 0 Å². The average molecular weight is 458 g/mol. The van der Waals surface area contributed by atoms with Crippen molar-refractivity contribution in [3.63, 3.8) is 0 Å². The predicted octanol–water partition coefficient (Wildman–Crippen LogP) is 4.22. The Hall–Kier alpha value is -2.13. The summed E-state index contributed by atoms with van der Waals surface area (Å²) in [5, 5.41) is 18.8. The minimum Gasteiger partial charge on any atom is -0.420 e. The molecule has 0 spiro atoms. The van der Waals surface area contributed by atoms with Gasteiger partial charge >= 0.3 is 6.18 Å². The van der Waals surface area contributed by atoms with Crippen LogP contribution in [0.1, 0.15) is 39.0 Å². The number of halogens is 4. The Balaban J connectivity index is 1.49. The third kappa shape index (κ3) is 3.82. The first-order chi connectivity index (χ1) is 14.5. The molecule has 1 aliphatic carbocycles. The molecule has 3 atom stereocenters. The van der Waals surface area contributed by atoms with Crippen molar-refractivity contribution in [2.45, 2.75) is 50.3 Å². The molecule has 1 aromatic carbocycles. The molecule has 4 rings (SSSR count). The number of likely N-dealkylation sites (tertiary alicyclic amines) is 1. The summed E-state index contributed by atoms with van der Waals surface area (Å²) in [6, 6.07) is 7.05. The third-order valence-corrected chi connectivity index (χ3v) is 6.85. The van der Waals surface area contributed by atoms with E-state index in [4.69, 9.17) is 16.0 Å². The van der Waals surface area contributed by atoms with Gasteiger partial charge in [0.25, 0.3) is 5.91 Å². The van der Waals surface area contributed by atoms with Crippen molar-refractivity contribution in [2.24, 2.45) is 11.8 Å². The molecule has 0 radical (unpaired) electrons. The highest BCUT2D eigenvalue weighted by Crippen LogP contribution is 2.58. The van der Waals surface area contributed by atoms with Crippen LogP contribution >= 0.6 is 11.6 Å². The molecule has 1 aromatic heterocycles. The van der Waals surface area contributed by atoms with Crippen LogP contribution < -0.4 is 0 Å². The third-order valence-electron chi connectivity index (χ3n) is 6.60. The second-order valence-corrected chi connectivity index (χ2v) is 9.21. The number of alkyl halides is 3. The first-order valence-corrected chi connectivity index (χ1v) is 10.5. The van der Waals surface area contributed by atoms with Gasteiger partial charge in [0.15, 0.2) is 0 Å². The van der Waals surface area contributed by atoms with Crippen LogP contribution in [0.5, 0.6) is 0 Å². The summed E-state index contributed by atoms with van der Waals surface area (Å²) < 4.78 is 45.2. The lowest BCUT2D eigenvalue weighted by Gasteiger charge is -2.42. The Kier molecular flexibility index (Phi) is 5.33. The van der Waals surface area contributed by atoms with Crippen LogP contribution in [0, 0.1) is 11.8 Å². The molecule has 1 amide bonds. The zero-order valence-corrected chi connectivity index (χ0v) is 17.9. The molecular formula is C21H23ClF3N3O3. The normalized spacial score (nSPS) is 25.2. The molecule has 0 bridgehead atoms. The number of hydrogen-bond donors (Lipinski definition) is 1.